The third-order valence-corrected chi connectivity index (χ3v) is 5.02. The summed E-state index contributed by atoms with van der Waals surface area (Å²) in [5, 5.41) is 6.01. The maximum atomic E-state index is 12.5. The number of halogens is 4. The van der Waals surface area contributed by atoms with Gasteiger partial charge in [-0.2, -0.15) is 13.2 Å². The van der Waals surface area contributed by atoms with Crippen LogP contribution in [0.1, 0.15) is 12.8 Å². The molecule has 0 fully saturated rings. The van der Waals surface area contributed by atoms with E-state index < -0.39 is 21.9 Å². The van der Waals surface area contributed by atoms with Gasteiger partial charge in [0.1, 0.15) is 17.4 Å². The number of rotatable bonds is 6. The normalized spacial score (nSPS) is 17.4. The summed E-state index contributed by atoms with van der Waals surface area (Å²) < 4.78 is 68.2. The van der Waals surface area contributed by atoms with Crippen molar-refractivity contribution in [3.8, 4) is 0 Å². The summed E-state index contributed by atoms with van der Waals surface area (Å²) in [4.78, 5) is -0.108. The van der Waals surface area contributed by atoms with Gasteiger partial charge in [0.2, 0.25) is 10.0 Å². The van der Waals surface area contributed by atoms with Crippen LogP contribution in [0.15, 0.2) is 36.5 Å². The van der Waals surface area contributed by atoms with Crippen molar-refractivity contribution in [3.63, 3.8) is 0 Å². The minimum Gasteiger partial charge on any atom is -0.470 e. The van der Waals surface area contributed by atoms with E-state index in [0.717, 1.165) is 6.26 Å². The molecule has 20 heavy (non-hydrogen) atoms. The van der Waals surface area contributed by atoms with Crippen LogP contribution in [0.5, 0.6) is 0 Å². The van der Waals surface area contributed by atoms with Crippen molar-refractivity contribution in [1.82, 2.24) is 4.72 Å². The van der Waals surface area contributed by atoms with E-state index in [9.17, 15) is 21.6 Å². The Morgan fingerprint density at radius 2 is 2.00 bits per heavy atom. The van der Waals surface area contributed by atoms with Crippen LogP contribution in [0.25, 0.3) is 0 Å². The summed E-state index contributed by atoms with van der Waals surface area (Å²) in [6.45, 7) is -0.150. The molecule has 2 heterocycles. The van der Waals surface area contributed by atoms with Crippen molar-refractivity contribution in [3.05, 3.63) is 17.0 Å². The summed E-state index contributed by atoms with van der Waals surface area (Å²) in [5.74, 6) is 0. The minimum atomic E-state index is -4.53. The van der Waals surface area contributed by atoms with E-state index in [1.54, 1.807) is 0 Å². The summed E-state index contributed by atoms with van der Waals surface area (Å²) in [5.41, 5.74) is -2.34. The predicted octanol–water partition coefficient (Wildman–Crippen LogP) is 2.83. The van der Waals surface area contributed by atoms with Gasteiger partial charge in [0.15, 0.2) is 0 Å². The summed E-state index contributed by atoms with van der Waals surface area (Å²) in [7, 11) is -3.81. The van der Waals surface area contributed by atoms with Crippen LogP contribution in [0.3, 0.4) is 0 Å². The van der Waals surface area contributed by atoms with E-state index in [1.165, 1.54) is 6.26 Å². The van der Waals surface area contributed by atoms with Gasteiger partial charge < -0.3 is 4.42 Å². The molecule has 0 aromatic carbocycles. The average molecular weight is 376 g/mol. The molecule has 1 aromatic rings. The van der Waals surface area contributed by atoms with Gasteiger partial charge >= 0.3 is 6.18 Å². The molecule has 0 bridgehead atoms. The van der Waals surface area contributed by atoms with Crippen molar-refractivity contribution in [2.45, 2.75) is 29.6 Å². The number of furan rings is 1. The van der Waals surface area contributed by atoms with Crippen molar-refractivity contribution in [1.29, 1.82) is 0 Å². The van der Waals surface area contributed by atoms with E-state index in [-0.39, 0.29) is 28.8 Å². The zero-order valence-corrected chi connectivity index (χ0v) is 12.2. The van der Waals surface area contributed by atoms with Gasteiger partial charge in [-0.3, -0.25) is 0 Å². The fraction of sp³-hybridized carbons (Fsp3) is 0.556. The molecule has 0 aliphatic carbocycles. The van der Waals surface area contributed by atoms with Crippen molar-refractivity contribution in [2.24, 2.45) is 10.2 Å². The molecule has 0 spiro atoms. The van der Waals surface area contributed by atoms with Gasteiger partial charge in [-0.25, -0.2) is 13.1 Å². The predicted molar refractivity (Wildman–Crippen MR) is 64.5 cm³/mol. The molecule has 1 aliphatic heterocycles. The lowest BCUT2D eigenvalue weighted by Crippen LogP contribution is -2.34. The van der Waals surface area contributed by atoms with Crippen LogP contribution < -0.4 is 4.72 Å². The molecule has 6 nitrogen and oxygen atoms in total. The Labute approximate surface area is 120 Å². The number of hydrogen-bond acceptors (Lipinski definition) is 5. The van der Waals surface area contributed by atoms with Crippen LogP contribution in [-0.2, 0) is 10.0 Å². The van der Waals surface area contributed by atoms with Gasteiger partial charge in [-0.05, 0) is 22.4 Å². The van der Waals surface area contributed by atoms with Crippen LogP contribution in [0.2, 0.25) is 0 Å². The van der Waals surface area contributed by atoms with E-state index in [0.29, 0.717) is 0 Å². The second kappa shape index (κ2) is 5.11. The molecule has 2 rings (SSSR count). The van der Waals surface area contributed by atoms with Crippen molar-refractivity contribution < 1.29 is 26.0 Å². The lowest BCUT2D eigenvalue weighted by Gasteiger charge is -2.14. The fourth-order valence-electron chi connectivity index (χ4n) is 1.50. The lowest BCUT2D eigenvalue weighted by atomic mass is 10.1. The monoisotopic (exact) mass is 375 g/mol. The third kappa shape index (κ3) is 3.04. The number of alkyl halides is 3. The van der Waals surface area contributed by atoms with Gasteiger partial charge in [0, 0.05) is 13.0 Å². The summed E-state index contributed by atoms with van der Waals surface area (Å²) in [6, 6.07) is 0. The van der Waals surface area contributed by atoms with Crippen molar-refractivity contribution >= 4 is 26.0 Å². The first-order valence-electron chi connectivity index (χ1n) is 5.40. The van der Waals surface area contributed by atoms with Gasteiger partial charge in [0.05, 0.1) is 4.47 Å². The van der Waals surface area contributed by atoms with Crippen LogP contribution in [-0.4, -0.2) is 26.8 Å². The third-order valence-electron chi connectivity index (χ3n) is 2.66. The number of nitrogens with one attached hydrogen (secondary N) is 1. The summed E-state index contributed by atoms with van der Waals surface area (Å²) in [6.07, 6.45) is -2.74. The van der Waals surface area contributed by atoms with Gasteiger partial charge in [-0.1, -0.05) is 0 Å². The second-order valence-corrected chi connectivity index (χ2v) is 6.69. The smallest absolute Gasteiger partial charge is 0.437 e. The average Bonchev–Trinajstić information content (AvgIpc) is 3.00. The van der Waals surface area contributed by atoms with Crippen LogP contribution in [0.4, 0.5) is 13.2 Å². The SMILES string of the molecule is O=S(=O)(NCCCC1(C(F)(F)F)N=N1)c1cocc1Br. The Kier molecular flexibility index (Phi) is 3.95. The van der Waals surface area contributed by atoms with Gasteiger partial charge in [-0.15, -0.1) is 10.2 Å². The Hall–Kier alpha value is -0.940. The largest absolute Gasteiger partial charge is 0.470 e. The van der Waals surface area contributed by atoms with Crippen LogP contribution >= 0.6 is 15.9 Å². The molecule has 1 N–H and O–H groups in total. The fourth-order valence-corrected chi connectivity index (χ4v) is 3.39. The molecule has 1 aromatic heterocycles. The molecule has 0 amide bonds. The first kappa shape index (κ1) is 15.4. The zero-order valence-electron chi connectivity index (χ0n) is 9.82. The van der Waals surface area contributed by atoms with E-state index >= 15 is 0 Å². The van der Waals surface area contributed by atoms with E-state index in [1.807, 2.05) is 0 Å². The molecule has 0 saturated carbocycles. The van der Waals surface area contributed by atoms with Crippen LogP contribution in [0, 0.1) is 0 Å². The Morgan fingerprint density at radius 3 is 2.45 bits per heavy atom. The quantitative estimate of drug-likeness (QED) is 0.775. The molecular formula is C9H9BrF3N3O3S. The molecule has 0 radical (unpaired) electrons. The van der Waals surface area contributed by atoms with Gasteiger partial charge in [0.25, 0.3) is 5.66 Å². The highest BCUT2D eigenvalue weighted by Crippen LogP contribution is 2.47. The molecular weight excluding hydrogens is 367 g/mol. The molecule has 0 atom stereocenters. The first-order chi connectivity index (χ1) is 9.18. The lowest BCUT2D eigenvalue weighted by molar-refractivity contribution is -0.165. The molecule has 11 heteroatoms. The van der Waals surface area contributed by atoms with Crippen molar-refractivity contribution in [2.75, 3.05) is 6.54 Å². The van der Waals surface area contributed by atoms with E-state index in [4.69, 9.17) is 4.42 Å². The minimum absolute atomic E-state index is 0.0405. The number of sulfonamides is 1. The maximum absolute atomic E-state index is 12.5. The summed E-state index contributed by atoms with van der Waals surface area (Å²) >= 11 is 2.99. The highest BCUT2D eigenvalue weighted by atomic mass is 79.9. The Bertz CT molecular complexity index is 620. The molecule has 0 unspecified atom stereocenters. The number of hydrogen-bond donors (Lipinski definition) is 1. The number of nitrogens with zero attached hydrogens (tertiary/aromatic N) is 2. The maximum Gasteiger partial charge on any atom is 0.437 e. The van der Waals surface area contributed by atoms with E-state index in [2.05, 4.69) is 30.9 Å². The molecule has 0 saturated heterocycles. The zero-order chi connectivity index (χ0) is 15.0. The highest BCUT2D eigenvalue weighted by molar-refractivity contribution is 9.10. The Morgan fingerprint density at radius 1 is 1.35 bits per heavy atom. The second-order valence-electron chi connectivity index (χ2n) is 4.10. The Balaban J connectivity index is 1.84. The highest BCUT2D eigenvalue weighted by Gasteiger charge is 2.63. The standard InChI is InChI=1S/C9H9BrF3N3O3S/c10-6-4-19-5-7(6)20(17,18)14-3-1-2-8(15-16-8)9(11,12)13/h4-5,14H,1-3H2. The molecule has 112 valence electrons. The topological polar surface area (TPSA) is 84.0 Å². The first-order valence-corrected chi connectivity index (χ1v) is 7.68. The molecule has 1 aliphatic rings.